The van der Waals surface area contributed by atoms with Crippen molar-refractivity contribution < 1.29 is 4.74 Å². The summed E-state index contributed by atoms with van der Waals surface area (Å²) in [7, 11) is 1.90. The van der Waals surface area contributed by atoms with Crippen molar-refractivity contribution in [3.05, 3.63) is 39.6 Å². The molecule has 1 aromatic carbocycles. The summed E-state index contributed by atoms with van der Waals surface area (Å²) in [6.07, 6.45) is 0.880. The highest BCUT2D eigenvalue weighted by Crippen LogP contribution is 2.20. The molecule has 0 bridgehead atoms. The van der Waals surface area contributed by atoms with Crippen molar-refractivity contribution in [2.24, 2.45) is 0 Å². The number of anilines is 1. The van der Waals surface area contributed by atoms with Crippen molar-refractivity contribution in [2.75, 3.05) is 18.6 Å². The zero-order valence-electron chi connectivity index (χ0n) is 11.9. The van der Waals surface area contributed by atoms with Crippen molar-refractivity contribution in [1.82, 2.24) is 15.0 Å². The van der Waals surface area contributed by atoms with Crippen LogP contribution in [0, 0.1) is 0 Å². The molecule has 112 valence electrons. The molecule has 0 fully saturated rings. The van der Waals surface area contributed by atoms with Gasteiger partial charge in [-0.2, -0.15) is 15.0 Å². The van der Waals surface area contributed by atoms with E-state index in [2.05, 4.69) is 30.9 Å². The van der Waals surface area contributed by atoms with Gasteiger partial charge < -0.3 is 9.64 Å². The molecular weight excluding hydrogens is 356 g/mol. The largest absolute Gasteiger partial charge is 0.463 e. The average molecular weight is 372 g/mol. The van der Waals surface area contributed by atoms with Gasteiger partial charge in [0.25, 0.3) is 0 Å². The van der Waals surface area contributed by atoms with Gasteiger partial charge in [-0.25, -0.2) is 0 Å². The Morgan fingerprint density at radius 2 is 2.00 bits per heavy atom. The Hall–Kier alpha value is -1.40. The molecule has 0 atom stereocenters. The lowest BCUT2D eigenvalue weighted by Crippen LogP contribution is -2.20. The first-order valence-electron chi connectivity index (χ1n) is 6.59. The van der Waals surface area contributed by atoms with Gasteiger partial charge in [-0.3, -0.25) is 0 Å². The molecule has 5 nitrogen and oxygen atoms in total. The van der Waals surface area contributed by atoms with E-state index in [0.29, 0.717) is 19.1 Å². The predicted octanol–water partition coefficient (Wildman–Crippen LogP) is 3.71. The Kier molecular flexibility index (Phi) is 5.76. The Balaban J connectivity index is 2.16. The molecule has 0 spiro atoms. The van der Waals surface area contributed by atoms with E-state index in [0.717, 1.165) is 16.5 Å². The first-order valence-corrected chi connectivity index (χ1v) is 7.76. The minimum atomic E-state index is 0.130. The topological polar surface area (TPSA) is 51.1 Å². The maximum absolute atomic E-state index is 5.93. The van der Waals surface area contributed by atoms with E-state index >= 15 is 0 Å². The average Bonchev–Trinajstić information content (AvgIpc) is 2.47. The molecule has 7 heteroatoms. The molecule has 0 amide bonds. The molecule has 1 heterocycles. The van der Waals surface area contributed by atoms with Crippen molar-refractivity contribution in [3.63, 3.8) is 0 Å². The molecule has 21 heavy (non-hydrogen) atoms. The number of nitrogens with zero attached hydrogens (tertiary/aromatic N) is 4. The quantitative estimate of drug-likeness (QED) is 0.774. The number of hydrogen-bond acceptors (Lipinski definition) is 5. The number of hydrogen-bond donors (Lipinski definition) is 0. The summed E-state index contributed by atoms with van der Waals surface area (Å²) in [5.41, 5.74) is 1.13. The Morgan fingerprint density at radius 1 is 1.24 bits per heavy atom. The summed E-state index contributed by atoms with van der Waals surface area (Å²) >= 11 is 9.46. The van der Waals surface area contributed by atoms with Gasteiger partial charge in [0, 0.05) is 18.1 Å². The maximum atomic E-state index is 5.93. The van der Waals surface area contributed by atoms with Gasteiger partial charge >= 0.3 is 6.01 Å². The second-order valence-corrected chi connectivity index (χ2v) is 5.68. The smallest absolute Gasteiger partial charge is 0.322 e. The number of ether oxygens (including phenoxy) is 1. The SMILES string of the molecule is CCCOc1nc(Cl)nc(N(C)Cc2ccccc2Br)n1. The van der Waals surface area contributed by atoms with Crippen molar-refractivity contribution in [3.8, 4) is 6.01 Å². The molecule has 0 radical (unpaired) electrons. The molecule has 0 N–H and O–H groups in total. The van der Waals surface area contributed by atoms with Crippen LogP contribution in [-0.4, -0.2) is 28.6 Å². The molecular formula is C14H16BrClN4O. The third-order valence-corrected chi connectivity index (χ3v) is 3.66. The van der Waals surface area contributed by atoms with Gasteiger partial charge in [0.2, 0.25) is 11.2 Å². The fraction of sp³-hybridized carbons (Fsp3) is 0.357. The molecule has 0 aliphatic heterocycles. The fourth-order valence-corrected chi connectivity index (χ4v) is 2.26. The van der Waals surface area contributed by atoms with E-state index in [9.17, 15) is 0 Å². The van der Waals surface area contributed by atoms with Crippen LogP contribution in [0.2, 0.25) is 5.28 Å². The molecule has 0 aliphatic carbocycles. The van der Waals surface area contributed by atoms with Crippen LogP contribution in [0.25, 0.3) is 0 Å². The first kappa shape index (κ1) is 16.0. The van der Waals surface area contributed by atoms with E-state index in [4.69, 9.17) is 16.3 Å². The third kappa shape index (κ3) is 4.54. The van der Waals surface area contributed by atoms with Crippen molar-refractivity contribution >= 4 is 33.5 Å². The highest BCUT2D eigenvalue weighted by molar-refractivity contribution is 9.10. The first-order chi connectivity index (χ1) is 10.1. The molecule has 0 unspecified atom stereocenters. The monoisotopic (exact) mass is 370 g/mol. The highest BCUT2D eigenvalue weighted by atomic mass is 79.9. The van der Waals surface area contributed by atoms with Gasteiger partial charge in [0.1, 0.15) is 0 Å². The maximum Gasteiger partial charge on any atom is 0.322 e. The molecule has 0 saturated heterocycles. The van der Waals surface area contributed by atoms with Crippen LogP contribution < -0.4 is 9.64 Å². The van der Waals surface area contributed by atoms with E-state index in [-0.39, 0.29) is 11.3 Å². The Morgan fingerprint density at radius 3 is 2.71 bits per heavy atom. The molecule has 2 aromatic rings. The molecule has 0 aliphatic rings. The second kappa shape index (κ2) is 7.56. The molecule has 1 aromatic heterocycles. The summed E-state index contributed by atoms with van der Waals surface area (Å²) in [5, 5.41) is 0.130. The molecule has 0 saturated carbocycles. The van der Waals surface area contributed by atoms with Crippen LogP contribution in [0.3, 0.4) is 0 Å². The summed E-state index contributed by atoms with van der Waals surface area (Å²) in [5.74, 6) is 0.483. The third-order valence-electron chi connectivity index (χ3n) is 2.72. The lowest BCUT2D eigenvalue weighted by molar-refractivity contribution is 0.291. The van der Waals surface area contributed by atoms with Crippen molar-refractivity contribution in [2.45, 2.75) is 19.9 Å². The van der Waals surface area contributed by atoms with Crippen LogP contribution in [-0.2, 0) is 6.54 Å². The van der Waals surface area contributed by atoms with Gasteiger partial charge in [-0.15, -0.1) is 0 Å². The van der Waals surface area contributed by atoms with E-state index in [1.54, 1.807) is 0 Å². The van der Waals surface area contributed by atoms with Gasteiger partial charge in [-0.1, -0.05) is 41.1 Å². The number of halogens is 2. The summed E-state index contributed by atoms with van der Waals surface area (Å²) in [4.78, 5) is 14.3. The summed E-state index contributed by atoms with van der Waals surface area (Å²) in [6.45, 7) is 3.21. The number of aromatic nitrogens is 3. The van der Waals surface area contributed by atoms with E-state index < -0.39 is 0 Å². The van der Waals surface area contributed by atoms with Crippen LogP contribution in [0.4, 0.5) is 5.95 Å². The highest BCUT2D eigenvalue weighted by Gasteiger charge is 2.11. The van der Waals surface area contributed by atoms with Gasteiger partial charge in [-0.05, 0) is 29.7 Å². The minimum absolute atomic E-state index is 0.130. The van der Waals surface area contributed by atoms with Crippen LogP contribution in [0.15, 0.2) is 28.7 Å². The van der Waals surface area contributed by atoms with Crippen LogP contribution in [0.1, 0.15) is 18.9 Å². The van der Waals surface area contributed by atoms with Crippen molar-refractivity contribution in [1.29, 1.82) is 0 Å². The predicted molar refractivity (Wildman–Crippen MR) is 86.9 cm³/mol. The zero-order valence-corrected chi connectivity index (χ0v) is 14.2. The zero-order chi connectivity index (χ0) is 15.2. The standard InChI is InChI=1S/C14H16BrClN4O/c1-3-8-21-14-18-12(16)17-13(19-14)20(2)9-10-6-4-5-7-11(10)15/h4-7H,3,8-9H2,1-2H3. The normalized spacial score (nSPS) is 10.5. The van der Waals surface area contributed by atoms with Gasteiger partial charge in [0.05, 0.1) is 6.61 Å². The number of benzene rings is 1. The van der Waals surface area contributed by atoms with Crippen LogP contribution in [0.5, 0.6) is 6.01 Å². The van der Waals surface area contributed by atoms with Gasteiger partial charge in [0.15, 0.2) is 0 Å². The lowest BCUT2D eigenvalue weighted by Gasteiger charge is -2.18. The second-order valence-electron chi connectivity index (χ2n) is 4.48. The number of rotatable bonds is 6. The minimum Gasteiger partial charge on any atom is -0.463 e. The summed E-state index contributed by atoms with van der Waals surface area (Å²) < 4.78 is 6.46. The van der Waals surface area contributed by atoms with E-state index in [1.165, 1.54) is 0 Å². The Bertz CT molecular complexity index is 611. The Labute approximate surface area is 137 Å². The van der Waals surface area contributed by atoms with Crippen LogP contribution >= 0.6 is 27.5 Å². The summed E-state index contributed by atoms with van der Waals surface area (Å²) in [6, 6.07) is 8.26. The molecule has 2 rings (SSSR count). The lowest BCUT2D eigenvalue weighted by atomic mass is 10.2. The van der Waals surface area contributed by atoms with E-state index in [1.807, 2.05) is 43.1 Å². The fourth-order valence-electron chi connectivity index (χ4n) is 1.70.